The first kappa shape index (κ1) is 25.2. The van der Waals surface area contributed by atoms with Crippen LogP contribution < -0.4 is 4.31 Å². The number of benzene rings is 1. The number of sulfonamides is 1. The molecule has 0 amide bonds. The number of hydrogen-bond acceptors (Lipinski definition) is 8. The number of hydrogen-bond donors (Lipinski definition) is 0. The van der Waals surface area contributed by atoms with Crippen LogP contribution in [0, 0.1) is 0 Å². The van der Waals surface area contributed by atoms with Gasteiger partial charge in [-0.1, -0.05) is 18.2 Å². The molecule has 9 nitrogen and oxygen atoms in total. The third-order valence-corrected chi connectivity index (χ3v) is 5.73. The second-order valence-electron chi connectivity index (χ2n) is 6.15. The molecule has 1 aliphatic rings. The molecule has 0 fully saturated rings. The van der Waals surface area contributed by atoms with Gasteiger partial charge in [-0.25, -0.2) is 18.7 Å². The van der Waals surface area contributed by atoms with Crippen LogP contribution in [-0.2, 0) is 38.6 Å². The highest BCUT2D eigenvalue weighted by Gasteiger charge is 2.58. The van der Waals surface area contributed by atoms with Crippen LogP contribution in [0.2, 0.25) is 0 Å². The highest BCUT2D eigenvalue weighted by Crippen LogP contribution is 2.44. The molecule has 0 saturated carbocycles. The number of halogens is 3. The van der Waals surface area contributed by atoms with Crippen LogP contribution in [0.1, 0.15) is 26.3 Å². The lowest BCUT2D eigenvalue weighted by Gasteiger charge is -2.37. The number of alkyl halides is 3. The predicted octanol–water partition coefficient (Wildman–Crippen LogP) is 2.17. The molecule has 0 spiro atoms. The van der Waals surface area contributed by atoms with Crippen molar-refractivity contribution in [3.8, 4) is 0 Å². The van der Waals surface area contributed by atoms with Crippen molar-refractivity contribution in [2.24, 2.45) is 0 Å². The maximum absolute atomic E-state index is 13.6. The number of fused-ring (bicyclic) bond motifs is 1. The zero-order chi connectivity index (χ0) is 24.3. The van der Waals surface area contributed by atoms with E-state index in [4.69, 9.17) is 14.2 Å². The summed E-state index contributed by atoms with van der Waals surface area (Å²) >= 11 is 0. The number of rotatable bonds is 7. The largest absolute Gasteiger partial charge is 0.516 e. The van der Waals surface area contributed by atoms with Gasteiger partial charge in [0.15, 0.2) is 6.04 Å². The van der Waals surface area contributed by atoms with E-state index >= 15 is 0 Å². The third kappa shape index (κ3) is 4.42. The van der Waals surface area contributed by atoms with Crippen LogP contribution in [0.25, 0.3) is 5.57 Å². The van der Waals surface area contributed by atoms with Gasteiger partial charge in [0.05, 0.1) is 36.7 Å². The number of esters is 3. The Morgan fingerprint density at radius 2 is 1.47 bits per heavy atom. The Morgan fingerprint density at radius 1 is 0.938 bits per heavy atom. The highest BCUT2D eigenvalue weighted by molar-refractivity contribution is 7.93. The minimum absolute atomic E-state index is 0.171. The summed E-state index contributed by atoms with van der Waals surface area (Å²) in [5.74, 6) is -4.02. The highest BCUT2D eigenvalue weighted by atomic mass is 32.2. The lowest BCUT2D eigenvalue weighted by molar-refractivity contribution is -0.147. The van der Waals surface area contributed by atoms with Crippen LogP contribution in [0.4, 0.5) is 18.9 Å². The molecular formula is C19H20F3NO8S. The molecule has 1 heterocycles. The van der Waals surface area contributed by atoms with E-state index in [1.807, 2.05) is 0 Å². The van der Waals surface area contributed by atoms with Gasteiger partial charge < -0.3 is 14.2 Å². The van der Waals surface area contributed by atoms with Gasteiger partial charge >= 0.3 is 33.4 Å². The fourth-order valence-corrected chi connectivity index (χ4v) is 4.19. The van der Waals surface area contributed by atoms with E-state index in [1.54, 1.807) is 0 Å². The van der Waals surface area contributed by atoms with Crippen LogP contribution in [0.5, 0.6) is 0 Å². The maximum atomic E-state index is 13.6. The molecule has 0 saturated heterocycles. The van der Waals surface area contributed by atoms with Crippen molar-refractivity contribution in [1.82, 2.24) is 0 Å². The van der Waals surface area contributed by atoms with Crippen molar-refractivity contribution in [3.05, 3.63) is 35.4 Å². The Labute approximate surface area is 181 Å². The topological polar surface area (TPSA) is 116 Å². The molecule has 2 rings (SSSR count). The fourth-order valence-electron chi connectivity index (χ4n) is 3.08. The smallest absolute Gasteiger partial charge is 0.464 e. The standard InChI is InChI=1S/C19H20F3NO8S/c1-4-29-16(24)13-11-9-7-8-10-12(11)23(32(27,28)19(20,21)22)15(18(26)31-6-3)14(13)17(25)30-5-2/h7-10,15H,4-6H2,1-3H3/t15-/m1/s1. The monoisotopic (exact) mass is 479 g/mol. The van der Waals surface area contributed by atoms with Crippen molar-refractivity contribution >= 4 is 39.2 Å². The molecule has 0 bridgehead atoms. The molecule has 176 valence electrons. The van der Waals surface area contributed by atoms with Crippen molar-refractivity contribution in [1.29, 1.82) is 0 Å². The summed E-state index contributed by atoms with van der Waals surface area (Å²) in [5.41, 5.74) is -8.38. The third-order valence-electron chi connectivity index (χ3n) is 4.22. The van der Waals surface area contributed by atoms with E-state index in [2.05, 4.69) is 0 Å². The summed E-state index contributed by atoms with van der Waals surface area (Å²) in [6, 6.07) is 2.13. The Hall–Kier alpha value is -3.09. The molecule has 1 aromatic carbocycles. The van der Waals surface area contributed by atoms with Crippen LogP contribution >= 0.6 is 0 Å². The van der Waals surface area contributed by atoms with Gasteiger partial charge in [-0.05, 0) is 26.8 Å². The quantitative estimate of drug-likeness (QED) is 0.432. The molecule has 13 heteroatoms. The Kier molecular flexibility index (Phi) is 7.54. The Morgan fingerprint density at radius 3 is 2.00 bits per heavy atom. The summed E-state index contributed by atoms with van der Waals surface area (Å²) in [4.78, 5) is 38.2. The first-order chi connectivity index (χ1) is 14.9. The van der Waals surface area contributed by atoms with Gasteiger partial charge in [0.1, 0.15) is 0 Å². The zero-order valence-electron chi connectivity index (χ0n) is 17.3. The lowest BCUT2D eigenvalue weighted by Crippen LogP contribution is -2.55. The second kappa shape index (κ2) is 9.59. The van der Waals surface area contributed by atoms with Gasteiger partial charge in [-0.3, -0.25) is 0 Å². The summed E-state index contributed by atoms with van der Waals surface area (Å²) in [5, 5.41) is 0. The minimum atomic E-state index is -6.23. The summed E-state index contributed by atoms with van der Waals surface area (Å²) < 4.78 is 80.1. The average Bonchev–Trinajstić information content (AvgIpc) is 2.71. The number of carbonyl (C=O) groups is 3. The van der Waals surface area contributed by atoms with Gasteiger partial charge in [0, 0.05) is 5.56 Å². The van der Waals surface area contributed by atoms with E-state index in [9.17, 15) is 36.0 Å². The molecule has 1 aromatic rings. The number of anilines is 1. The van der Waals surface area contributed by atoms with Gasteiger partial charge in [0.25, 0.3) is 0 Å². The lowest BCUT2D eigenvalue weighted by atomic mass is 9.89. The number of carbonyl (C=O) groups excluding carboxylic acids is 3. The number of nitrogens with zero attached hydrogens (tertiary/aromatic N) is 1. The van der Waals surface area contributed by atoms with E-state index in [0.29, 0.717) is 0 Å². The minimum Gasteiger partial charge on any atom is -0.464 e. The molecule has 1 atom stereocenters. The Bertz CT molecular complexity index is 1050. The average molecular weight is 479 g/mol. The first-order valence-corrected chi connectivity index (χ1v) is 10.8. The van der Waals surface area contributed by atoms with Crippen molar-refractivity contribution in [2.45, 2.75) is 32.3 Å². The van der Waals surface area contributed by atoms with E-state index in [0.717, 1.165) is 12.1 Å². The van der Waals surface area contributed by atoms with Crippen molar-refractivity contribution < 1.29 is 50.2 Å². The molecule has 0 aromatic heterocycles. The maximum Gasteiger partial charge on any atom is 0.516 e. The predicted molar refractivity (Wildman–Crippen MR) is 105 cm³/mol. The molecule has 0 radical (unpaired) electrons. The summed E-state index contributed by atoms with van der Waals surface area (Å²) in [7, 11) is -6.23. The van der Waals surface area contributed by atoms with Crippen molar-refractivity contribution in [2.75, 3.05) is 24.1 Å². The van der Waals surface area contributed by atoms with Crippen molar-refractivity contribution in [3.63, 3.8) is 0 Å². The number of para-hydroxylation sites is 1. The van der Waals surface area contributed by atoms with E-state index in [-0.39, 0.29) is 29.7 Å². The normalized spacial score (nSPS) is 16.3. The molecule has 32 heavy (non-hydrogen) atoms. The van der Waals surface area contributed by atoms with Gasteiger partial charge in [-0.15, -0.1) is 0 Å². The zero-order valence-corrected chi connectivity index (χ0v) is 18.1. The first-order valence-electron chi connectivity index (χ1n) is 9.39. The second-order valence-corrected chi connectivity index (χ2v) is 7.95. The number of ether oxygens (including phenoxy) is 3. The molecule has 0 aliphatic carbocycles. The fraction of sp³-hybridized carbons (Fsp3) is 0.421. The summed E-state index contributed by atoms with van der Waals surface area (Å²) in [6.07, 6.45) is 0. The van der Waals surface area contributed by atoms with E-state index < -0.39 is 56.3 Å². The van der Waals surface area contributed by atoms with Gasteiger partial charge in [0.2, 0.25) is 0 Å². The van der Waals surface area contributed by atoms with E-state index in [1.165, 1.54) is 32.9 Å². The SMILES string of the molecule is CCOC(=O)C1=C(C(=O)OCC)[C@H](C(=O)OCC)N(S(=O)(=O)C(F)(F)F)c2ccccc21. The summed E-state index contributed by atoms with van der Waals surface area (Å²) in [6.45, 7) is 3.36. The van der Waals surface area contributed by atoms with Crippen LogP contribution in [0.15, 0.2) is 29.8 Å². The molecular weight excluding hydrogens is 459 g/mol. The van der Waals surface area contributed by atoms with Crippen LogP contribution in [-0.4, -0.2) is 57.7 Å². The molecule has 0 N–H and O–H groups in total. The van der Waals surface area contributed by atoms with Crippen LogP contribution in [0.3, 0.4) is 0 Å². The van der Waals surface area contributed by atoms with Gasteiger partial charge in [-0.2, -0.15) is 21.6 Å². The molecule has 1 aliphatic heterocycles. The Balaban J connectivity index is 3.03. The molecule has 0 unspecified atom stereocenters.